The van der Waals surface area contributed by atoms with E-state index < -0.39 is 11.5 Å². The number of halogens is 1. The van der Waals surface area contributed by atoms with Gasteiger partial charge >= 0.3 is 0 Å². The number of carbonyl (C=O) groups excluding carboxylic acids is 1. The van der Waals surface area contributed by atoms with Gasteiger partial charge in [0.1, 0.15) is 5.56 Å². The minimum Gasteiger partial charge on any atom is -0.375 e. The second-order valence-corrected chi connectivity index (χ2v) is 5.19. The predicted octanol–water partition coefficient (Wildman–Crippen LogP) is 2.28. The number of nitrogens with one attached hydrogen (secondary N) is 2. The Morgan fingerprint density at radius 3 is 2.77 bits per heavy atom. The Hall–Kier alpha value is -2.11. The van der Waals surface area contributed by atoms with Gasteiger partial charge in [-0.15, -0.1) is 0 Å². The Labute approximate surface area is 133 Å². The van der Waals surface area contributed by atoms with E-state index in [-0.39, 0.29) is 5.56 Å². The largest absolute Gasteiger partial charge is 0.375 e. The Kier molecular flexibility index (Phi) is 5.75. The van der Waals surface area contributed by atoms with Crippen LogP contribution in [0.4, 0.5) is 0 Å². The number of carbonyl (C=O) groups is 1. The number of benzene rings is 1. The van der Waals surface area contributed by atoms with Crippen molar-refractivity contribution in [2.75, 3.05) is 13.2 Å². The van der Waals surface area contributed by atoms with Crippen molar-refractivity contribution in [3.05, 3.63) is 68.6 Å². The van der Waals surface area contributed by atoms with Crippen LogP contribution in [0.15, 0.2) is 41.2 Å². The minimum atomic E-state index is -0.414. The summed E-state index contributed by atoms with van der Waals surface area (Å²) in [4.78, 5) is 26.1. The van der Waals surface area contributed by atoms with E-state index in [1.165, 1.54) is 6.07 Å². The first kappa shape index (κ1) is 16.3. The molecule has 116 valence electrons. The number of aromatic amines is 1. The molecule has 0 radical (unpaired) electrons. The van der Waals surface area contributed by atoms with Gasteiger partial charge in [0, 0.05) is 17.3 Å². The van der Waals surface area contributed by atoms with Crippen LogP contribution < -0.4 is 10.9 Å². The van der Waals surface area contributed by atoms with Gasteiger partial charge < -0.3 is 15.0 Å². The zero-order valence-electron chi connectivity index (χ0n) is 12.2. The monoisotopic (exact) mass is 320 g/mol. The second kappa shape index (κ2) is 7.77. The molecule has 0 aliphatic carbocycles. The molecule has 0 fully saturated rings. The van der Waals surface area contributed by atoms with E-state index >= 15 is 0 Å². The molecule has 0 aliphatic heterocycles. The summed E-state index contributed by atoms with van der Waals surface area (Å²) in [6, 6.07) is 10.6. The maximum Gasteiger partial charge on any atom is 0.260 e. The molecule has 0 aliphatic rings. The van der Waals surface area contributed by atoms with Crippen LogP contribution in [0.1, 0.15) is 21.6 Å². The van der Waals surface area contributed by atoms with Crippen molar-refractivity contribution in [1.82, 2.24) is 10.3 Å². The number of ether oxygens (including phenoxy) is 1. The third-order valence-electron chi connectivity index (χ3n) is 3.05. The van der Waals surface area contributed by atoms with Gasteiger partial charge in [0.25, 0.3) is 11.5 Å². The van der Waals surface area contributed by atoms with Crippen molar-refractivity contribution in [3.8, 4) is 0 Å². The fourth-order valence-corrected chi connectivity index (χ4v) is 2.07. The first-order chi connectivity index (χ1) is 10.6. The number of hydrogen-bond acceptors (Lipinski definition) is 3. The molecule has 0 unspecified atom stereocenters. The highest BCUT2D eigenvalue weighted by Crippen LogP contribution is 2.15. The van der Waals surface area contributed by atoms with Gasteiger partial charge in [-0.25, -0.2) is 0 Å². The summed E-state index contributed by atoms with van der Waals surface area (Å²) >= 11 is 6.01. The Morgan fingerprint density at radius 2 is 2.05 bits per heavy atom. The lowest BCUT2D eigenvalue weighted by Gasteiger charge is -2.07. The quantitative estimate of drug-likeness (QED) is 0.802. The third-order valence-corrected chi connectivity index (χ3v) is 3.42. The van der Waals surface area contributed by atoms with E-state index in [0.717, 1.165) is 5.56 Å². The summed E-state index contributed by atoms with van der Waals surface area (Å²) in [5, 5.41) is 3.29. The molecular formula is C16H17ClN2O3. The molecule has 0 bridgehead atoms. The molecule has 0 atom stereocenters. The van der Waals surface area contributed by atoms with Crippen molar-refractivity contribution in [3.63, 3.8) is 0 Å². The van der Waals surface area contributed by atoms with Gasteiger partial charge in [0.05, 0.1) is 13.2 Å². The van der Waals surface area contributed by atoms with Gasteiger partial charge in [-0.05, 0) is 30.7 Å². The normalized spacial score (nSPS) is 10.5. The summed E-state index contributed by atoms with van der Waals surface area (Å²) < 4.78 is 5.45. The average molecular weight is 321 g/mol. The summed E-state index contributed by atoms with van der Waals surface area (Å²) in [7, 11) is 0. The van der Waals surface area contributed by atoms with Gasteiger partial charge in [-0.3, -0.25) is 9.59 Å². The van der Waals surface area contributed by atoms with Crippen LogP contribution in [0.3, 0.4) is 0 Å². The van der Waals surface area contributed by atoms with Crippen molar-refractivity contribution < 1.29 is 9.53 Å². The zero-order valence-corrected chi connectivity index (χ0v) is 12.9. The van der Waals surface area contributed by atoms with Crippen LogP contribution in [0.2, 0.25) is 5.02 Å². The molecule has 1 aromatic heterocycles. The standard InChI is InChI=1S/C16H17ClN2O3/c1-11-6-7-13(16(21)19-11)15(20)18-8-9-22-10-12-4-2-3-5-14(12)17/h2-7H,8-10H2,1H3,(H,18,20)(H,19,21). The van der Waals surface area contributed by atoms with Crippen LogP contribution >= 0.6 is 11.6 Å². The molecule has 2 N–H and O–H groups in total. The zero-order chi connectivity index (χ0) is 15.9. The molecule has 1 aromatic carbocycles. The first-order valence-corrected chi connectivity index (χ1v) is 7.25. The molecule has 1 heterocycles. The van der Waals surface area contributed by atoms with Gasteiger partial charge in [-0.1, -0.05) is 29.8 Å². The molecule has 0 spiro atoms. The molecule has 1 amide bonds. The minimum absolute atomic E-state index is 0.0942. The Morgan fingerprint density at radius 1 is 1.27 bits per heavy atom. The lowest BCUT2D eigenvalue weighted by Crippen LogP contribution is -2.32. The molecule has 2 rings (SSSR count). The lowest BCUT2D eigenvalue weighted by atomic mass is 10.2. The van der Waals surface area contributed by atoms with Crippen LogP contribution in [0.5, 0.6) is 0 Å². The van der Waals surface area contributed by atoms with E-state index in [4.69, 9.17) is 16.3 Å². The van der Waals surface area contributed by atoms with Gasteiger partial charge in [0.2, 0.25) is 0 Å². The van der Waals surface area contributed by atoms with Crippen LogP contribution in [0.25, 0.3) is 0 Å². The lowest BCUT2D eigenvalue weighted by molar-refractivity contribution is 0.0899. The highest BCUT2D eigenvalue weighted by molar-refractivity contribution is 6.31. The second-order valence-electron chi connectivity index (χ2n) is 4.78. The van der Waals surface area contributed by atoms with Crippen molar-refractivity contribution >= 4 is 17.5 Å². The molecule has 0 saturated carbocycles. The summed E-state index contributed by atoms with van der Waals surface area (Å²) in [5.41, 5.74) is 1.31. The van der Waals surface area contributed by atoms with E-state index in [9.17, 15) is 9.59 Å². The summed E-state index contributed by atoms with van der Waals surface area (Å²) in [6.45, 7) is 2.78. The SMILES string of the molecule is Cc1ccc(C(=O)NCCOCc2ccccc2Cl)c(=O)[nH]1. The van der Waals surface area contributed by atoms with E-state index in [0.29, 0.717) is 30.5 Å². The fourth-order valence-electron chi connectivity index (χ4n) is 1.88. The van der Waals surface area contributed by atoms with Crippen molar-refractivity contribution in [1.29, 1.82) is 0 Å². The fraction of sp³-hybridized carbons (Fsp3) is 0.250. The molecule has 5 nitrogen and oxygen atoms in total. The number of H-pyrrole nitrogens is 1. The van der Waals surface area contributed by atoms with E-state index in [1.54, 1.807) is 19.1 Å². The number of aryl methyl sites for hydroxylation is 1. The Balaban J connectivity index is 1.76. The maximum absolute atomic E-state index is 11.9. The highest BCUT2D eigenvalue weighted by Gasteiger charge is 2.09. The maximum atomic E-state index is 11.9. The average Bonchev–Trinajstić information content (AvgIpc) is 2.48. The third kappa shape index (κ3) is 4.44. The van der Waals surface area contributed by atoms with Gasteiger partial charge in [0.15, 0.2) is 0 Å². The highest BCUT2D eigenvalue weighted by atomic mass is 35.5. The number of pyridine rings is 1. The van der Waals surface area contributed by atoms with Gasteiger partial charge in [-0.2, -0.15) is 0 Å². The number of aromatic nitrogens is 1. The van der Waals surface area contributed by atoms with Crippen molar-refractivity contribution in [2.45, 2.75) is 13.5 Å². The predicted molar refractivity (Wildman–Crippen MR) is 85.2 cm³/mol. The summed E-state index contributed by atoms with van der Waals surface area (Å²) in [6.07, 6.45) is 0. The smallest absolute Gasteiger partial charge is 0.260 e. The number of hydrogen-bond donors (Lipinski definition) is 2. The Bertz CT molecular complexity index is 713. The van der Waals surface area contributed by atoms with E-state index in [1.807, 2.05) is 18.2 Å². The molecular weight excluding hydrogens is 304 g/mol. The van der Waals surface area contributed by atoms with Crippen molar-refractivity contribution in [2.24, 2.45) is 0 Å². The molecule has 2 aromatic rings. The topological polar surface area (TPSA) is 71.2 Å². The molecule has 6 heteroatoms. The molecule has 0 saturated heterocycles. The summed E-state index contributed by atoms with van der Waals surface area (Å²) in [5.74, 6) is -0.414. The van der Waals surface area contributed by atoms with Crippen LogP contribution in [-0.2, 0) is 11.3 Å². The first-order valence-electron chi connectivity index (χ1n) is 6.87. The molecule has 22 heavy (non-hydrogen) atoms. The number of rotatable bonds is 6. The number of amides is 1. The van der Waals surface area contributed by atoms with Crippen LogP contribution in [-0.4, -0.2) is 24.0 Å². The van der Waals surface area contributed by atoms with Crippen LogP contribution in [0, 0.1) is 6.92 Å². The van der Waals surface area contributed by atoms with E-state index in [2.05, 4.69) is 10.3 Å².